The Bertz CT molecular complexity index is 1590. The van der Waals surface area contributed by atoms with Crippen LogP contribution in [0.3, 0.4) is 0 Å². The average Bonchev–Trinajstić information content (AvgIpc) is 3.63. The number of amides is 1. The summed E-state index contributed by atoms with van der Waals surface area (Å²) in [6.45, 7) is 4.35. The lowest BCUT2D eigenvalue weighted by Crippen LogP contribution is -2.49. The average molecular weight is 556 g/mol. The predicted molar refractivity (Wildman–Crippen MR) is 147 cm³/mol. The smallest absolute Gasteiger partial charge is 0.254 e. The summed E-state index contributed by atoms with van der Waals surface area (Å²) in [6, 6.07) is 13.3. The molecule has 0 saturated carbocycles. The van der Waals surface area contributed by atoms with Crippen molar-refractivity contribution in [1.29, 1.82) is 0 Å². The number of thiophene rings is 1. The first-order chi connectivity index (χ1) is 17.8. The summed E-state index contributed by atoms with van der Waals surface area (Å²) < 4.78 is 26.2. The zero-order chi connectivity index (χ0) is 25.7. The fourth-order valence-corrected chi connectivity index (χ4v) is 7.92. The van der Waals surface area contributed by atoms with Gasteiger partial charge < -0.3 is 9.80 Å². The molecular weight excluding hydrogens is 530 g/mol. The maximum atomic E-state index is 14.0. The van der Waals surface area contributed by atoms with E-state index in [1.54, 1.807) is 16.0 Å². The van der Waals surface area contributed by atoms with Crippen molar-refractivity contribution in [3.05, 3.63) is 64.1 Å². The van der Waals surface area contributed by atoms with Crippen LogP contribution in [-0.2, 0) is 9.84 Å². The van der Waals surface area contributed by atoms with Gasteiger partial charge in [-0.3, -0.25) is 4.79 Å². The second-order valence-electron chi connectivity index (χ2n) is 9.55. The van der Waals surface area contributed by atoms with Crippen LogP contribution in [0.15, 0.2) is 47.8 Å². The van der Waals surface area contributed by atoms with Crippen LogP contribution < -0.4 is 4.90 Å². The van der Waals surface area contributed by atoms with Crippen LogP contribution in [0.25, 0.3) is 21.6 Å². The third kappa shape index (κ3) is 4.51. The molecule has 11 heteroatoms. The number of rotatable bonds is 4. The van der Waals surface area contributed by atoms with Crippen LogP contribution in [0.4, 0.5) is 5.69 Å². The van der Waals surface area contributed by atoms with Gasteiger partial charge in [0.1, 0.15) is 0 Å². The van der Waals surface area contributed by atoms with Crippen LogP contribution >= 0.6 is 22.9 Å². The van der Waals surface area contributed by atoms with Gasteiger partial charge in [0.15, 0.2) is 15.5 Å². The highest BCUT2D eigenvalue weighted by molar-refractivity contribution is 7.91. The molecule has 2 aliphatic rings. The molecule has 37 heavy (non-hydrogen) atoms. The van der Waals surface area contributed by atoms with Crippen molar-refractivity contribution in [3.8, 4) is 10.6 Å². The van der Waals surface area contributed by atoms with E-state index in [0.29, 0.717) is 65.6 Å². The molecule has 0 bridgehead atoms. The van der Waals surface area contributed by atoms with Crippen molar-refractivity contribution in [2.45, 2.75) is 19.4 Å². The van der Waals surface area contributed by atoms with Gasteiger partial charge in [0.25, 0.3) is 5.91 Å². The molecule has 2 aliphatic heterocycles. The Hall–Kier alpha value is -2.95. The van der Waals surface area contributed by atoms with Gasteiger partial charge in [-0.2, -0.15) is 5.10 Å². The fraction of sp³-hybridized carbons (Fsp3) is 0.346. The second kappa shape index (κ2) is 9.41. The minimum Gasteiger partial charge on any atom is -0.367 e. The second-order valence-corrected chi connectivity index (χ2v) is 13.1. The molecule has 1 unspecified atom stereocenters. The number of pyridine rings is 1. The Balaban J connectivity index is 1.37. The number of carbonyl (C=O) groups is 1. The maximum absolute atomic E-state index is 14.0. The van der Waals surface area contributed by atoms with Gasteiger partial charge in [-0.25, -0.2) is 18.1 Å². The molecule has 0 aliphatic carbocycles. The molecule has 0 spiro atoms. The molecule has 1 amide bonds. The van der Waals surface area contributed by atoms with Crippen molar-refractivity contribution >= 4 is 55.4 Å². The quantitative estimate of drug-likeness (QED) is 0.370. The summed E-state index contributed by atoms with van der Waals surface area (Å²) in [4.78, 5) is 23.9. The standard InChI is InChI=1S/C26H26ClN5O3S2/c1-17-24-19(26(33)31-11-9-30(10-12-31)22-6-3-2-5-20(22)27)15-21(23-7-4-13-36-23)28-25(24)32(29-17)18-8-14-37(34,35)16-18/h2-7,13,15,18H,8-12,14,16H2,1H3. The van der Waals surface area contributed by atoms with Gasteiger partial charge in [-0.15, -0.1) is 11.3 Å². The summed E-state index contributed by atoms with van der Waals surface area (Å²) in [7, 11) is -3.11. The summed E-state index contributed by atoms with van der Waals surface area (Å²) in [6.07, 6.45) is 0.497. The predicted octanol–water partition coefficient (Wildman–Crippen LogP) is 4.44. The summed E-state index contributed by atoms with van der Waals surface area (Å²) in [5.41, 5.74) is 3.49. The number of carbonyl (C=O) groups excluding carboxylic acids is 1. The Labute approximate surface area is 224 Å². The maximum Gasteiger partial charge on any atom is 0.254 e. The Kier molecular flexibility index (Phi) is 6.21. The normalized spacial score (nSPS) is 19.6. The largest absolute Gasteiger partial charge is 0.367 e. The van der Waals surface area contributed by atoms with E-state index in [-0.39, 0.29) is 23.5 Å². The number of para-hydroxylation sites is 1. The first-order valence-electron chi connectivity index (χ1n) is 12.2. The zero-order valence-corrected chi connectivity index (χ0v) is 22.7. The minimum absolute atomic E-state index is 0.0431. The van der Waals surface area contributed by atoms with E-state index in [1.165, 1.54) is 0 Å². The highest BCUT2D eigenvalue weighted by Gasteiger charge is 2.33. The topological polar surface area (TPSA) is 88.4 Å². The van der Waals surface area contributed by atoms with Crippen molar-refractivity contribution in [2.24, 2.45) is 0 Å². The minimum atomic E-state index is -3.11. The Morgan fingerprint density at radius 3 is 2.57 bits per heavy atom. The molecule has 4 aromatic rings. The summed E-state index contributed by atoms with van der Waals surface area (Å²) >= 11 is 7.95. The molecule has 5 heterocycles. The molecule has 8 nitrogen and oxygen atoms in total. The number of benzene rings is 1. The number of fused-ring (bicyclic) bond motifs is 1. The number of halogens is 1. The van der Waals surface area contributed by atoms with Crippen molar-refractivity contribution in [1.82, 2.24) is 19.7 Å². The molecule has 0 radical (unpaired) electrons. The highest BCUT2D eigenvalue weighted by atomic mass is 35.5. The van der Waals surface area contributed by atoms with Crippen LogP contribution in [0.5, 0.6) is 0 Å². The van der Waals surface area contributed by atoms with Crippen LogP contribution in [0, 0.1) is 6.92 Å². The lowest BCUT2D eigenvalue weighted by Gasteiger charge is -2.36. The molecule has 2 fully saturated rings. The van der Waals surface area contributed by atoms with Gasteiger partial charge in [0.2, 0.25) is 0 Å². The van der Waals surface area contributed by atoms with Crippen molar-refractivity contribution in [2.75, 3.05) is 42.6 Å². The van der Waals surface area contributed by atoms with Gasteiger partial charge in [-0.05, 0) is 43.0 Å². The van der Waals surface area contributed by atoms with Crippen LogP contribution in [0.2, 0.25) is 5.02 Å². The van der Waals surface area contributed by atoms with E-state index >= 15 is 0 Å². The van der Waals surface area contributed by atoms with Gasteiger partial charge in [-0.1, -0.05) is 29.8 Å². The van der Waals surface area contributed by atoms with E-state index in [4.69, 9.17) is 21.7 Å². The Morgan fingerprint density at radius 1 is 1.11 bits per heavy atom. The number of hydrogen-bond donors (Lipinski definition) is 0. The lowest BCUT2D eigenvalue weighted by atomic mass is 10.1. The molecule has 1 atom stereocenters. The van der Waals surface area contributed by atoms with Gasteiger partial charge >= 0.3 is 0 Å². The molecule has 192 valence electrons. The highest BCUT2D eigenvalue weighted by Crippen LogP contribution is 2.34. The van der Waals surface area contributed by atoms with Crippen molar-refractivity contribution in [3.63, 3.8) is 0 Å². The number of nitrogens with zero attached hydrogens (tertiary/aromatic N) is 5. The number of piperazine rings is 1. The first-order valence-corrected chi connectivity index (χ1v) is 15.3. The van der Waals surface area contributed by atoms with Gasteiger partial charge in [0, 0.05) is 26.2 Å². The molecule has 3 aromatic heterocycles. The number of aromatic nitrogens is 3. The number of hydrogen-bond acceptors (Lipinski definition) is 7. The zero-order valence-electron chi connectivity index (χ0n) is 20.3. The monoisotopic (exact) mass is 555 g/mol. The molecule has 1 aromatic carbocycles. The molecular formula is C26H26ClN5O3S2. The molecule has 6 rings (SSSR count). The van der Waals surface area contributed by atoms with E-state index in [1.807, 2.05) is 59.7 Å². The van der Waals surface area contributed by atoms with Gasteiger partial charge in [0.05, 0.1) is 55.5 Å². The van der Waals surface area contributed by atoms with E-state index < -0.39 is 9.84 Å². The Morgan fingerprint density at radius 2 is 1.89 bits per heavy atom. The van der Waals surface area contributed by atoms with Crippen LogP contribution in [-0.4, -0.2) is 71.7 Å². The number of aryl methyl sites for hydroxylation is 1. The summed E-state index contributed by atoms with van der Waals surface area (Å²) in [5.74, 6) is 0.122. The van der Waals surface area contributed by atoms with E-state index in [9.17, 15) is 13.2 Å². The number of sulfone groups is 1. The molecule has 0 N–H and O–H groups in total. The first kappa shape index (κ1) is 24.4. The van der Waals surface area contributed by atoms with E-state index in [0.717, 1.165) is 10.6 Å². The fourth-order valence-electron chi connectivity index (χ4n) is 5.28. The van der Waals surface area contributed by atoms with Crippen molar-refractivity contribution < 1.29 is 13.2 Å². The third-order valence-electron chi connectivity index (χ3n) is 7.16. The third-order valence-corrected chi connectivity index (χ3v) is 10.1. The van der Waals surface area contributed by atoms with E-state index in [2.05, 4.69) is 4.90 Å². The lowest BCUT2D eigenvalue weighted by molar-refractivity contribution is 0.0748. The SMILES string of the molecule is Cc1nn(C2CCS(=O)(=O)C2)c2nc(-c3cccs3)cc(C(=O)N3CCN(c4ccccc4Cl)CC3)c12. The molecule has 2 saturated heterocycles. The van der Waals surface area contributed by atoms with Crippen LogP contribution in [0.1, 0.15) is 28.5 Å². The number of anilines is 1. The summed E-state index contributed by atoms with van der Waals surface area (Å²) in [5, 5.41) is 8.09.